The number of pyridine rings is 1. The number of aromatic nitrogens is 3. The molecule has 2 heterocycles. The van der Waals surface area contributed by atoms with Crippen LogP contribution in [0.2, 0.25) is 0 Å². The molecular weight excluding hydrogens is 370 g/mol. The molecule has 0 unspecified atom stereocenters. The molecule has 30 heavy (non-hydrogen) atoms. The van der Waals surface area contributed by atoms with Crippen LogP contribution in [0, 0.1) is 0 Å². The first-order chi connectivity index (χ1) is 14.8. The van der Waals surface area contributed by atoms with Gasteiger partial charge in [0.2, 0.25) is 0 Å². The van der Waals surface area contributed by atoms with Crippen molar-refractivity contribution in [3.05, 3.63) is 95.1 Å². The van der Waals surface area contributed by atoms with Gasteiger partial charge in [-0.3, -0.25) is 9.88 Å². The van der Waals surface area contributed by atoms with Gasteiger partial charge in [-0.05, 0) is 54.2 Å². The summed E-state index contributed by atoms with van der Waals surface area (Å²) in [5, 5.41) is 0. The molecule has 2 aromatic heterocycles. The van der Waals surface area contributed by atoms with Crippen LogP contribution in [-0.2, 0) is 26.1 Å². The highest BCUT2D eigenvalue weighted by atomic mass is 15.2. The standard InChI is InChI=1S/C25H27N5/c26-15-19-7-1-2-8-20(19)16-30(17-24-28-21-11-3-4-12-22(21)29-24)23-13-5-9-18-10-6-14-27-25(18)23/h1-4,6-8,10-12,14,23H,5,9,13,15-17,26H2,(H,28,29)/t23-/m0/s1. The Morgan fingerprint density at radius 2 is 1.80 bits per heavy atom. The number of hydrogen-bond acceptors (Lipinski definition) is 4. The van der Waals surface area contributed by atoms with E-state index in [1.54, 1.807) is 0 Å². The van der Waals surface area contributed by atoms with Crippen molar-refractivity contribution in [2.75, 3.05) is 0 Å². The third kappa shape index (κ3) is 3.74. The molecule has 0 spiro atoms. The molecule has 2 aromatic carbocycles. The number of H-pyrrole nitrogens is 1. The lowest BCUT2D eigenvalue weighted by Gasteiger charge is -2.35. The Hall–Kier alpha value is -3.02. The van der Waals surface area contributed by atoms with Gasteiger partial charge >= 0.3 is 0 Å². The van der Waals surface area contributed by atoms with Crippen LogP contribution in [0.5, 0.6) is 0 Å². The molecule has 5 nitrogen and oxygen atoms in total. The highest BCUT2D eigenvalue weighted by molar-refractivity contribution is 5.74. The van der Waals surface area contributed by atoms with Crippen LogP contribution in [0.15, 0.2) is 66.9 Å². The molecule has 0 saturated heterocycles. The summed E-state index contributed by atoms with van der Waals surface area (Å²) in [5.41, 5.74) is 13.2. The average Bonchev–Trinajstić information content (AvgIpc) is 3.21. The molecule has 0 radical (unpaired) electrons. The zero-order chi connectivity index (χ0) is 20.3. The van der Waals surface area contributed by atoms with E-state index in [0.29, 0.717) is 6.54 Å². The number of nitrogens with two attached hydrogens (primary N) is 1. The number of nitrogens with zero attached hydrogens (tertiary/aromatic N) is 3. The Bertz CT molecular complexity index is 1120. The molecule has 5 rings (SSSR count). The SMILES string of the molecule is NCc1ccccc1CN(Cc1nc2ccccc2[nH]1)[C@H]1CCCc2cccnc21. The van der Waals surface area contributed by atoms with Crippen molar-refractivity contribution in [2.24, 2.45) is 5.73 Å². The van der Waals surface area contributed by atoms with Crippen molar-refractivity contribution in [1.82, 2.24) is 19.9 Å². The Morgan fingerprint density at radius 3 is 2.67 bits per heavy atom. The molecule has 5 heteroatoms. The predicted octanol–water partition coefficient (Wildman–Crippen LogP) is 4.50. The van der Waals surface area contributed by atoms with Crippen molar-refractivity contribution < 1.29 is 0 Å². The molecule has 0 saturated carbocycles. The van der Waals surface area contributed by atoms with Gasteiger partial charge in [-0.25, -0.2) is 4.98 Å². The molecule has 0 bridgehead atoms. The fraction of sp³-hybridized carbons (Fsp3) is 0.280. The predicted molar refractivity (Wildman–Crippen MR) is 120 cm³/mol. The summed E-state index contributed by atoms with van der Waals surface area (Å²) in [6.45, 7) is 2.12. The van der Waals surface area contributed by atoms with Crippen LogP contribution in [0.4, 0.5) is 0 Å². The fourth-order valence-electron chi connectivity index (χ4n) is 4.62. The van der Waals surface area contributed by atoms with Gasteiger partial charge in [0.15, 0.2) is 0 Å². The van der Waals surface area contributed by atoms with Crippen LogP contribution in [0.3, 0.4) is 0 Å². The number of benzene rings is 2. The van der Waals surface area contributed by atoms with Gasteiger partial charge < -0.3 is 10.7 Å². The maximum Gasteiger partial charge on any atom is 0.121 e. The lowest BCUT2D eigenvalue weighted by atomic mass is 9.90. The van der Waals surface area contributed by atoms with Crippen molar-refractivity contribution in [2.45, 2.75) is 44.9 Å². The lowest BCUT2D eigenvalue weighted by Crippen LogP contribution is -2.32. The van der Waals surface area contributed by atoms with Crippen LogP contribution in [-0.4, -0.2) is 19.9 Å². The fourth-order valence-corrected chi connectivity index (χ4v) is 4.62. The number of aryl methyl sites for hydroxylation is 1. The number of para-hydroxylation sites is 2. The summed E-state index contributed by atoms with van der Waals surface area (Å²) in [5.74, 6) is 0.990. The second-order valence-corrected chi connectivity index (χ2v) is 8.03. The zero-order valence-corrected chi connectivity index (χ0v) is 17.1. The molecule has 4 aromatic rings. The topological polar surface area (TPSA) is 70.8 Å². The van der Waals surface area contributed by atoms with Crippen LogP contribution in [0.25, 0.3) is 11.0 Å². The molecule has 1 atom stereocenters. The van der Waals surface area contributed by atoms with Gasteiger partial charge in [-0.1, -0.05) is 42.5 Å². The normalized spacial score (nSPS) is 16.1. The summed E-state index contributed by atoms with van der Waals surface area (Å²) in [7, 11) is 0. The molecule has 1 aliphatic carbocycles. The van der Waals surface area contributed by atoms with Gasteiger partial charge in [0.25, 0.3) is 0 Å². The maximum absolute atomic E-state index is 6.04. The lowest BCUT2D eigenvalue weighted by molar-refractivity contribution is 0.153. The smallest absolute Gasteiger partial charge is 0.121 e. The van der Waals surface area contributed by atoms with E-state index in [1.165, 1.54) is 28.8 Å². The molecule has 0 aliphatic heterocycles. The second-order valence-electron chi connectivity index (χ2n) is 8.03. The molecule has 0 amide bonds. The van der Waals surface area contributed by atoms with Gasteiger partial charge in [-0.2, -0.15) is 0 Å². The van der Waals surface area contributed by atoms with E-state index in [-0.39, 0.29) is 6.04 Å². The third-order valence-electron chi connectivity index (χ3n) is 6.11. The van der Waals surface area contributed by atoms with Crippen molar-refractivity contribution >= 4 is 11.0 Å². The van der Waals surface area contributed by atoms with E-state index < -0.39 is 0 Å². The highest BCUT2D eigenvalue weighted by Gasteiger charge is 2.28. The largest absolute Gasteiger partial charge is 0.341 e. The summed E-state index contributed by atoms with van der Waals surface area (Å²) in [6, 6.07) is 21.2. The number of imidazole rings is 1. The quantitative estimate of drug-likeness (QED) is 0.503. The van der Waals surface area contributed by atoms with Crippen LogP contribution in [0.1, 0.15) is 47.1 Å². The van der Waals surface area contributed by atoms with E-state index >= 15 is 0 Å². The first-order valence-electron chi connectivity index (χ1n) is 10.7. The Morgan fingerprint density at radius 1 is 0.967 bits per heavy atom. The van der Waals surface area contributed by atoms with E-state index in [9.17, 15) is 0 Å². The number of aromatic amines is 1. The monoisotopic (exact) mass is 397 g/mol. The summed E-state index contributed by atoms with van der Waals surface area (Å²) < 4.78 is 0. The average molecular weight is 398 g/mol. The molecule has 152 valence electrons. The van der Waals surface area contributed by atoms with Gasteiger partial charge in [0, 0.05) is 19.3 Å². The van der Waals surface area contributed by atoms with E-state index in [1.807, 2.05) is 18.3 Å². The van der Waals surface area contributed by atoms with Crippen LogP contribution < -0.4 is 5.73 Å². The molecular formula is C25H27N5. The Balaban J connectivity index is 1.52. The molecule has 1 aliphatic rings. The molecule has 0 fully saturated rings. The van der Waals surface area contributed by atoms with Crippen molar-refractivity contribution in [1.29, 1.82) is 0 Å². The zero-order valence-electron chi connectivity index (χ0n) is 17.1. The highest BCUT2D eigenvalue weighted by Crippen LogP contribution is 2.35. The van der Waals surface area contributed by atoms with Gasteiger partial charge in [-0.15, -0.1) is 0 Å². The summed E-state index contributed by atoms with van der Waals surface area (Å²) in [6.07, 6.45) is 5.31. The van der Waals surface area contributed by atoms with Crippen LogP contribution >= 0.6 is 0 Å². The molecule has 3 N–H and O–H groups in total. The minimum atomic E-state index is 0.272. The van der Waals surface area contributed by atoms with Crippen molar-refractivity contribution in [3.63, 3.8) is 0 Å². The number of fused-ring (bicyclic) bond motifs is 2. The summed E-state index contributed by atoms with van der Waals surface area (Å²) in [4.78, 5) is 15.7. The number of hydrogen-bond donors (Lipinski definition) is 2. The Labute approximate surface area is 177 Å². The van der Waals surface area contributed by atoms with Crippen molar-refractivity contribution in [3.8, 4) is 0 Å². The number of rotatable bonds is 6. The van der Waals surface area contributed by atoms with Gasteiger partial charge in [0.05, 0.1) is 29.3 Å². The van der Waals surface area contributed by atoms with Gasteiger partial charge in [0.1, 0.15) is 5.82 Å². The second kappa shape index (κ2) is 8.38. The third-order valence-corrected chi connectivity index (χ3v) is 6.11. The maximum atomic E-state index is 6.04. The van der Waals surface area contributed by atoms with E-state index in [2.05, 4.69) is 58.4 Å². The minimum absolute atomic E-state index is 0.272. The van der Waals surface area contributed by atoms with E-state index in [4.69, 9.17) is 15.7 Å². The summed E-state index contributed by atoms with van der Waals surface area (Å²) >= 11 is 0. The first-order valence-corrected chi connectivity index (χ1v) is 10.7. The number of nitrogens with one attached hydrogen (secondary N) is 1. The first kappa shape index (κ1) is 19.0. The Kier molecular flexibility index (Phi) is 5.30. The van der Waals surface area contributed by atoms with E-state index in [0.717, 1.165) is 42.8 Å². The minimum Gasteiger partial charge on any atom is -0.341 e.